The smallest absolute Gasteiger partial charge is 0.0715 e. The van der Waals surface area contributed by atoms with Gasteiger partial charge in [0.15, 0.2) is 0 Å². The minimum atomic E-state index is -0.0901. The molecule has 3 aromatic carbocycles. The average Bonchev–Trinajstić information content (AvgIpc) is 3.19. The van der Waals surface area contributed by atoms with Crippen molar-refractivity contribution in [3.05, 3.63) is 93.2 Å². The van der Waals surface area contributed by atoms with Gasteiger partial charge in [0.25, 0.3) is 0 Å². The van der Waals surface area contributed by atoms with Gasteiger partial charge in [-0.2, -0.15) is 0 Å². The zero-order valence-corrected chi connectivity index (χ0v) is 19.3. The van der Waals surface area contributed by atoms with E-state index >= 15 is 0 Å². The highest BCUT2D eigenvalue weighted by Crippen LogP contribution is 2.61. The molecule has 2 aliphatic heterocycles. The van der Waals surface area contributed by atoms with Crippen molar-refractivity contribution in [2.45, 2.75) is 26.3 Å². The predicted molar refractivity (Wildman–Crippen MR) is 138 cm³/mol. The molecule has 0 atom stereocenters. The molecule has 2 nitrogen and oxygen atoms in total. The molecule has 0 aliphatic carbocycles. The van der Waals surface area contributed by atoms with E-state index < -0.39 is 0 Å². The first-order valence-electron chi connectivity index (χ1n) is 10.5. The number of benzene rings is 3. The lowest BCUT2D eigenvalue weighted by atomic mass is 9.88. The van der Waals surface area contributed by atoms with E-state index in [1.165, 1.54) is 48.5 Å². The van der Waals surface area contributed by atoms with E-state index in [0.717, 1.165) is 11.0 Å². The number of hydrogen-bond donors (Lipinski definition) is 1. The fourth-order valence-corrected chi connectivity index (χ4v) is 7.63. The second kappa shape index (κ2) is 6.91. The predicted octanol–water partition coefficient (Wildman–Crippen LogP) is 8.05. The van der Waals surface area contributed by atoms with Crippen molar-refractivity contribution in [3.63, 3.8) is 0 Å². The molecule has 3 heterocycles. The van der Waals surface area contributed by atoms with Gasteiger partial charge in [0.2, 0.25) is 0 Å². The molecule has 0 radical (unpaired) electrons. The number of hydrogen-bond acceptors (Lipinski definition) is 4. The summed E-state index contributed by atoms with van der Waals surface area (Å²) in [6.45, 7) is 6.72. The number of pyridine rings is 1. The average molecular weight is 439 g/mol. The van der Waals surface area contributed by atoms with Gasteiger partial charge in [-0.3, -0.25) is 0 Å². The number of aryl methyl sites for hydroxylation is 1. The van der Waals surface area contributed by atoms with E-state index in [0.29, 0.717) is 0 Å². The number of anilines is 1. The molecule has 4 heteroatoms. The maximum absolute atomic E-state index is 4.90. The third-order valence-electron chi connectivity index (χ3n) is 6.05. The zero-order chi connectivity index (χ0) is 21.2. The van der Waals surface area contributed by atoms with Crippen molar-refractivity contribution < 1.29 is 0 Å². The number of nitrogens with zero attached hydrogens (tertiary/aromatic N) is 1. The maximum Gasteiger partial charge on any atom is 0.0715 e. The summed E-state index contributed by atoms with van der Waals surface area (Å²) in [5.41, 5.74) is 8.43. The minimum absolute atomic E-state index is 0.0901. The molecular weight excluding hydrogens is 416 g/mol. The number of rotatable bonds is 1. The fourth-order valence-electron chi connectivity index (χ4n) is 4.58. The normalized spacial score (nSPS) is 18.4. The van der Waals surface area contributed by atoms with E-state index in [1.807, 2.05) is 21.6 Å². The van der Waals surface area contributed by atoms with Crippen LogP contribution in [0.4, 0.5) is 5.69 Å². The van der Waals surface area contributed by atoms with Crippen LogP contribution in [0.5, 0.6) is 0 Å². The quantitative estimate of drug-likeness (QED) is 0.240. The molecule has 4 aromatic rings. The summed E-state index contributed by atoms with van der Waals surface area (Å²) in [6.07, 6.45) is 2.39. The number of allylic oxidation sites excluding steroid dienone is 1. The van der Waals surface area contributed by atoms with Crippen molar-refractivity contribution in [1.29, 1.82) is 0 Å². The first-order valence-corrected chi connectivity index (χ1v) is 12.6. The van der Waals surface area contributed by atoms with E-state index in [-0.39, 0.29) is 5.54 Å². The Kier molecular flexibility index (Phi) is 4.24. The lowest BCUT2D eigenvalue weighted by Crippen LogP contribution is -2.35. The topological polar surface area (TPSA) is 24.9 Å². The molecule has 0 saturated heterocycles. The van der Waals surface area contributed by atoms with E-state index in [2.05, 4.69) is 98.9 Å². The Labute approximate surface area is 190 Å². The van der Waals surface area contributed by atoms with E-state index in [1.54, 1.807) is 0 Å². The summed E-state index contributed by atoms with van der Waals surface area (Å²) in [5.74, 6) is 0. The zero-order valence-electron chi connectivity index (χ0n) is 17.7. The Morgan fingerprint density at radius 2 is 1.55 bits per heavy atom. The standard InChI is InChI=1S/C27H22N2S2/c1-16-12-13-23-20(14-16)25-24(30-31-26(25)27(2,3)29-23)15-19-17-8-4-6-10-21(17)28-22-11-7-5-9-18(19)22/h4-15,29H,1-3H3. The van der Waals surface area contributed by atoms with E-state index in [4.69, 9.17) is 4.98 Å². The van der Waals surface area contributed by atoms with Crippen LogP contribution in [0.3, 0.4) is 0 Å². The summed E-state index contributed by atoms with van der Waals surface area (Å²) < 4.78 is 0. The molecule has 0 amide bonds. The van der Waals surface area contributed by atoms with Crippen LogP contribution in [0.25, 0.3) is 33.5 Å². The molecule has 0 unspecified atom stereocenters. The summed E-state index contributed by atoms with van der Waals surface area (Å²) in [6, 6.07) is 23.7. The largest absolute Gasteiger partial charge is 0.375 e. The first-order chi connectivity index (χ1) is 15.0. The van der Waals surface area contributed by atoms with Gasteiger partial charge in [0.05, 0.1) is 16.6 Å². The molecule has 1 aromatic heterocycles. The van der Waals surface area contributed by atoms with Gasteiger partial charge in [-0.25, -0.2) is 4.98 Å². The highest BCUT2D eigenvalue weighted by Gasteiger charge is 2.38. The summed E-state index contributed by atoms with van der Waals surface area (Å²) in [4.78, 5) is 7.63. The molecule has 0 fully saturated rings. The van der Waals surface area contributed by atoms with Gasteiger partial charge in [-0.15, -0.1) is 0 Å². The lowest BCUT2D eigenvalue weighted by molar-refractivity contribution is 0.698. The van der Waals surface area contributed by atoms with Crippen molar-refractivity contribution in [2.24, 2.45) is 0 Å². The lowest BCUT2D eigenvalue weighted by Gasteiger charge is -2.35. The Bertz CT molecular complexity index is 1390. The van der Waals surface area contributed by atoms with Crippen LogP contribution < -0.4 is 5.32 Å². The van der Waals surface area contributed by atoms with Crippen molar-refractivity contribution >= 4 is 60.7 Å². The van der Waals surface area contributed by atoms with Gasteiger partial charge in [0, 0.05) is 37.4 Å². The summed E-state index contributed by atoms with van der Waals surface area (Å²) in [7, 11) is 3.77. The number of nitrogens with one attached hydrogen (secondary N) is 1. The molecule has 152 valence electrons. The first kappa shape index (κ1) is 19.0. The molecule has 0 bridgehead atoms. The molecular formula is C27H22N2S2. The van der Waals surface area contributed by atoms with Crippen LogP contribution in [-0.2, 0) is 0 Å². The van der Waals surface area contributed by atoms with Gasteiger partial charge in [0.1, 0.15) is 0 Å². The van der Waals surface area contributed by atoms with Gasteiger partial charge < -0.3 is 5.32 Å². The minimum Gasteiger partial charge on any atom is -0.375 e. The van der Waals surface area contributed by atoms with Crippen LogP contribution in [0.1, 0.15) is 30.5 Å². The van der Waals surface area contributed by atoms with Crippen LogP contribution in [0, 0.1) is 6.92 Å². The maximum atomic E-state index is 4.90. The van der Waals surface area contributed by atoms with Gasteiger partial charge >= 0.3 is 0 Å². The van der Waals surface area contributed by atoms with Crippen LogP contribution >= 0.6 is 21.6 Å². The van der Waals surface area contributed by atoms with Crippen molar-refractivity contribution in [2.75, 3.05) is 5.32 Å². The molecule has 31 heavy (non-hydrogen) atoms. The molecule has 2 aliphatic rings. The second-order valence-electron chi connectivity index (χ2n) is 8.74. The highest BCUT2D eigenvalue weighted by atomic mass is 33.1. The number of fused-ring (bicyclic) bond motifs is 4. The third kappa shape index (κ3) is 3.00. The third-order valence-corrected chi connectivity index (χ3v) is 8.81. The Hall–Kier alpha value is -2.69. The van der Waals surface area contributed by atoms with Crippen LogP contribution in [0.15, 0.2) is 76.5 Å². The number of aromatic nitrogens is 1. The Balaban J connectivity index is 1.65. The molecule has 0 spiro atoms. The van der Waals surface area contributed by atoms with Gasteiger partial charge in [-0.05, 0) is 56.7 Å². The summed E-state index contributed by atoms with van der Waals surface area (Å²) >= 11 is 0. The number of para-hydroxylation sites is 2. The van der Waals surface area contributed by atoms with Crippen LogP contribution in [0.2, 0.25) is 0 Å². The van der Waals surface area contributed by atoms with Crippen molar-refractivity contribution in [3.8, 4) is 0 Å². The second-order valence-corrected chi connectivity index (χ2v) is 10.9. The fraction of sp³-hybridized carbons (Fsp3) is 0.148. The molecule has 6 rings (SSSR count). The Morgan fingerprint density at radius 1 is 0.871 bits per heavy atom. The SMILES string of the molecule is Cc1ccc2c(c1)C1=C(SSC1=Cc1c3ccccc3nc3ccccc13)C(C)(C)N2. The monoisotopic (exact) mass is 438 g/mol. The molecule has 0 saturated carbocycles. The van der Waals surface area contributed by atoms with Crippen molar-refractivity contribution in [1.82, 2.24) is 4.98 Å². The summed E-state index contributed by atoms with van der Waals surface area (Å²) in [5, 5.41) is 6.15. The van der Waals surface area contributed by atoms with Crippen LogP contribution in [-0.4, -0.2) is 10.5 Å². The molecule has 1 N–H and O–H groups in total. The van der Waals surface area contributed by atoms with E-state index in [9.17, 15) is 0 Å². The Morgan fingerprint density at radius 3 is 2.26 bits per heavy atom. The van der Waals surface area contributed by atoms with Gasteiger partial charge in [-0.1, -0.05) is 69.6 Å². The highest BCUT2D eigenvalue weighted by molar-refractivity contribution is 8.80.